The normalized spacial score (nSPS) is 26.1. The van der Waals surface area contributed by atoms with E-state index in [0.29, 0.717) is 24.9 Å². The lowest BCUT2D eigenvalue weighted by atomic mass is 9.99. The fourth-order valence-corrected chi connectivity index (χ4v) is 3.37. The summed E-state index contributed by atoms with van der Waals surface area (Å²) in [6.45, 7) is 5.72. The molecule has 0 aliphatic heterocycles. The Labute approximate surface area is 114 Å². The lowest BCUT2D eigenvalue weighted by Gasteiger charge is -2.36. The van der Waals surface area contributed by atoms with Crippen molar-refractivity contribution < 1.29 is 13.2 Å². The minimum absolute atomic E-state index is 0.212. The number of alkyl halides is 3. The largest absolute Gasteiger partial charge is 0.389 e. The van der Waals surface area contributed by atoms with Gasteiger partial charge in [-0.25, -0.2) is 0 Å². The van der Waals surface area contributed by atoms with Gasteiger partial charge in [0.2, 0.25) is 0 Å². The van der Waals surface area contributed by atoms with Gasteiger partial charge in [-0.1, -0.05) is 13.3 Å². The fourth-order valence-electron chi connectivity index (χ4n) is 3.37. The quantitative estimate of drug-likeness (QED) is 0.772. The standard InChI is InChI=1S/C14H27F3N2/c1-3-19(13-8-4-7-12(13)10-18)11(2)6-5-9-14(15,16)17/h11-13H,3-10,18H2,1-2H3. The van der Waals surface area contributed by atoms with E-state index in [-0.39, 0.29) is 12.5 Å². The Hall–Kier alpha value is -0.290. The first kappa shape index (κ1) is 16.8. The van der Waals surface area contributed by atoms with Crippen LogP contribution in [-0.2, 0) is 0 Å². The van der Waals surface area contributed by atoms with Crippen LogP contribution in [0.3, 0.4) is 0 Å². The molecule has 3 unspecified atom stereocenters. The Balaban J connectivity index is 2.45. The molecule has 0 spiro atoms. The van der Waals surface area contributed by atoms with Crippen molar-refractivity contribution >= 4 is 0 Å². The van der Waals surface area contributed by atoms with Gasteiger partial charge in [0.15, 0.2) is 0 Å². The maximum absolute atomic E-state index is 12.2. The molecule has 0 aromatic rings. The molecule has 1 saturated carbocycles. The summed E-state index contributed by atoms with van der Waals surface area (Å²) in [6.07, 6.45) is -0.364. The second-order valence-corrected chi connectivity index (χ2v) is 5.68. The number of hydrogen-bond acceptors (Lipinski definition) is 2. The first-order chi connectivity index (χ1) is 8.89. The van der Waals surface area contributed by atoms with E-state index in [1.807, 2.05) is 6.92 Å². The lowest BCUT2D eigenvalue weighted by Crippen LogP contribution is -2.45. The van der Waals surface area contributed by atoms with Gasteiger partial charge in [0.05, 0.1) is 0 Å². The third-order valence-electron chi connectivity index (χ3n) is 4.36. The summed E-state index contributed by atoms with van der Waals surface area (Å²) < 4.78 is 36.5. The Kier molecular flexibility index (Phi) is 6.60. The molecule has 0 heterocycles. The zero-order valence-corrected chi connectivity index (χ0v) is 12.0. The predicted molar refractivity (Wildman–Crippen MR) is 71.9 cm³/mol. The molecule has 1 fully saturated rings. The zero-order chi connectivity index (χ0) is 14.5. The third kappa shape index (κ3) is 5.30. The van der Waals surface area contributed by atoms with Gasteiger partial charge in [-0.05, 0) is 51.6 Å². The van der Waals surface area contributed by atoms with Crippen molar-refractivity contribution in [1.29, 1.82) is 0 Å². The van der Waals surface area contributed by atoms with Gasteiger partial charge in [0.25, 0.3) is 0 Å². The van der Waals surface area contributed by atoms with E-state index in [0.717, 1.165) is 19.4 Å². The Bertz CT molecular complexity index is 256. The number of rotatable bonds is 7. The predicted octanol–water partition coefficient (Wildman–Crippen LogP) is 3.56. The highest BCUT2D eigenvalue weighted by molar-refractivity contribution is 4.87. The van der Waals surface area contributed by atoms with Crippen LogP contribution in [0.2, 0.25) is 0 Å². The summed E-state index contributed by atoms with van der Waals surface area (Å²) in [5.74, 6) is 0.519. The Morgan fingerprint density at radius 2 is 2.00 bits per heavy atom. The summed E-state index contributed by atoms with van der Waals surface area (Å²) in [4.78, 5) is 2.36. The molecule has 5 heteroatoms. The van der Waals surface area contributed by atoms with Crippen LogP contribution in [0.1, 0.15) is 52.4 Å². The van der Waals surface area contributed by atoms with E-state index < -0.39 is 12.6 Å². The number of halogens is 3. The number of hydrogen-bond donors (Lipinski definition) is 1. The van der Waals surface area contributed by atoms with Crippen molar-refractivity contribution in [2.75, 3.05) is 13.1 Å². The average Bonchev–Trinajstić information content (AvgIpc) is 2.76. The molecule has 0 radical (unpaired) electrons. The average molecular weight is 280 g/mol. The monoisotopic (exact) mass is 280 g/mol. The maximum atomic E-state index is 12.2. The van der Waals surface area contributed by atoms with Crippen molar-refractivity contribution in [2.24, 2.45) is 11.7 Å². The molecule has 2 nitrogen and oxygen atoms in total. The molecule has 0 aromatic heterocycles. The van der Waals surface area contributed by atoms with E-state index in [1.54, 1.807) is 0 Å². The molecule has 1 aliphatic rings. The summed E-state index contributed by atoms with van der Waals surface area (Å²) in [5, 5.41) is 0. The van der Waals surface area contributed by atoms with Crippen LogP contribution in [0.15, 0.2) is 0 Å². The van der Waals surface area contributed by atoms with Gasteiger partial charge in [0.1, 0.15) is 0 Å². The van der Waals surface area contributed by atoms with Crippen molar-refractivity contribution in [2.45, 2.75) is 70.6 Å². The molecule has 1 rings (SSSR count). The van der Waals surface area contributed by atoms with Crippen LogP contribution in [0.25, 0.3) is 0 Å². The highest BCUT2D eigenvalue weighted by Crippen LogP contribution is 2.31. The molecule has 1 aliphatic carbocycles. The van der Waals surface area contributed by atoms with E-state index in [9.17, 15) is 13.2 Å². The van der Waals surface area contributed by atoms with Gasteiger partial charge in [-0.15, -0.1) is 0 Å². The van der Waals surface area contributed by atoms with E-state index in [4.69, 9.17) is 5.73 Å². The summed E-state index contributed by atoms with van der Waals surface area (Å²) in [6, 6.07) is 0.681. The second kappa shape index (κ2) is 7.48. The van der Waals surface area contributed by atoms with Gasteiger partial charge in [0, 0.05) is 18.5 Å². The van der Waals surface area contributed by atoms with Crippen LogP contribution in [-0.4, -0.2) is 36.2 Å². The van der Waals surface area contributed by atoms with Crippen molar-refractivity contribution in [3.8, 4) is 0 Å². The smallest absolute Gasteiger partial charge is 0.330 e. The van der Waals surface area contributed by atoms with Crippen LogP contribution in [0.4, 0.5) is 13.2 Å². The Morgan fingerprint density at radius 1 is 1.32 bits per heavy atom. The summed E-state index contributed by atoms with van der Waals surface area (Å²) in [5.41, 5.74) is 5.80. The third-order valence-corrected chi connectivity index (χ3v) is 4.36. The molecule has 19 heavy (non-hydrogen) atoms. The molecule has 0 amide bonds. The van der Waals surface area contributed by atoms with Gasteiger partial charge in [-0.3, -0.25) is 4.90 Å². The lowest BCUT2D eigenvalue weighted by molar-refractivity contribution is -0.136. The van der Waals surface area contributed by atoms with Crippen molar-refractivity contribution in [3.63, 3.8) is 0 Å². The van der Waals surface area contributed by atoms with E-state index in [1.165, 1.54) is 6.42 Å². The molecular formula is C14H27F3N2. The maximum Gasteiger partial charge on any atom is 0.389 e. The topological polar surface area (TPSA) is 29.3 Å². The van der Waals surface area contributed by atoms with Gasteiger partial charge >= 0.3 is 6.18 Å². The molecule has 0 saturated heterocycles. The minimum atomic E-state index is -4.02. The molecule has 0 aromatic carbocycles. The van der Waals surface area contributed by atoms with Crippen LogP contribution in [0.5, 0.6) is 0 Å². The summed E-state index contributed by atoms with van der Waals surface area (Å²) >= 11 is 0. The highest BCUT2D eigenvalue weighted by atomic mass is 19.4. The van der Waals surface area contributed by atoms with Crippen LogP contribution in [0, 0.1) is 5.92 Å². The van der Waals surface area contributed by atoms with E-state index >= 15 is 0 Å². The summed E-state index contributed by atoms with van der Waals surface area (Å²) in [7, 11) is 0. The second-order valence-electron chi connectivity index (χ2n) is 5.68. The highest BCUT2D eigenvalue weighted by Gasteiger charge is 2.33. The van der Waals surface area contributed by atoms with Crippen LogP contribution >= 0.6 is 0 Å². The van der Waals surface area contributed by atoms with Crippen molar-refractivity contribution in [3.05, 3.63) is 0 Å². The van der Waals surface area contributed by atoms with Crippen molar-refractivity contribution in [1.82, 2.24) is 4.90 Å². The zero-order valence-electron chi connectivity index (χ0n) is 12.0. The molecule has 0 bridgehead atoms. The molecular weight excluding hydrogens is 253 g/mol. The number of nitrogens with zero attached hydrogens (tertiary/aromatic N) is 1. The van der Waals surface area contributed by atoms with E-state index in [2.05, 4.69) is 11.8 Å². The SMILES string of the molecule is CCN(C(C)CCCC(F)(F)F)C1CCCC1CN. The first-order valence-electron chi connectivity index (χ1n) is 7.41. The molecule has 3 atom stereocenters. The Morgan fingerprint density at radius 3 is 2.53 bits per heavy atom. The molecule has 2 N–H and O–H groups in total. The van der Waals surface area contributed by atoms with Gasteiger partial charge in [-0.2, -0.15) is 13.2 Å². The number of nitrogens with two attached hydrogens (primary N) is 1. The van der Waals surface area contributed by atoms with Crippen LogP contribution < -0.4 is 5.73 Å². The first-order valence-corrected chi connectivity index (χ1v) is 7.41. The molecule has 114 valence electrons. The fraction of sp³-hybridized carbons (Fsp3) is 1.00. The minimum Gasteiger partial charge on any atom is -0.330 e. The van der Waals surface area contributed by atoms with Gasteiger partial charge < -0.3 is 5.73 Å².